The molecule has 3 saturated carbocycles. The SMILES string of the molecule is N#CCC1CCCCC1.O=C(Cc1nc2c(cnc3[nH]ccc32)[nH]1)NC1CC2CCC1C2. The fourth-order valence-corrected chi connectivity index (χ4v) is 5.96. The molecule has 3 aliphatic rings. The number of carbonyl (C=O) groups excluding carboxylic acids is 1. The van der Waals surface area contributed by atoms with Gasteiger partial charge in [0.2, 0.25) is 5.91 Å². The van der Waals surface area contributed by atoms with Crippen molar-refractivity contribution in [1.82, 2.24) is 25.3 Å². The Bertz CT molecular complexity index is 1120. The molecule has 0 radical (unpaired) electrons. The van der Waals surface area contributed by atoms with Crippen molar-refractivity contribution in [3.8, 4) is 6.07 Å². The van der Waals surface area contributed by atoms with Crippen LogP contribution in [0.5, 0.6) is 0 Å². The molecule has 3 heterocycles. The molecule has 3 atom stereocenters. The van der Waals surface area contributed by atoms with Crippen LogP contribution in [0.4, 0.5) is 0 Å². The Kier molecular flexibility index (Phi) is 6.11. The van der Waals surface area contributed by atoms with Crippen molar-refractivity contribution in [1.29, 1.82) is 5.26 Å². The molecule has 2 bridgehead atoms. The predicted molar refractivity (Wildman–Crippen MR) is 124 cm³/mol. The van der Waals surface area contributed by atoms with E-state index in [1.54, 1.807) is 6.20 Å². The van der Waals surface area contributed by atoms with Gasteiger partial charge < -0.3 is 15.3 Å². The van der Waals surface area contributed by atoms with Crippen LogP contribution in [-0.4, -0.2) is 31.9 Å². The van der Waals surface area contributed by atoms with Crippen LogP contribution in [0.1, 0.15) is 70.0 Å². The van der Waals surface area contributed by atoms with E-state index in [4.69, 9.17) is 5.26 Å². The molecule has 3 aliphatic carbocycles. The first-order valence-electron chi connectivity index (χ1n) is 12.2. The number of fused-ring (bicyclic) bond motifs is 5. The number of rotatable bonds is 4. The minimum atomic E-state index is 0.0693. The first-order chi connectivity index (χ1) is 15.7. The summed E-state index contributed by atoms with van der Waals surface area (Å²) in [5.74, 6) is 3.05. The molecule has 0 aliphatic heterocycles. The minimum absolute atomic E-state index is 0.0693. The highest BCUT2D eigenvalue weighted by Crippen LogP contribution is 2.44. The van der Waals surface area contributed by atoms with E-state index in [2.05, 4.69) is 31.3 Å². The second-order valence-corrected chi connectivity index (χ2v) is 9.84. The van der Waals surface area contributed by atoms with Crippen molar-refractivity contribution in [2.45, 2.75) is 76.7 Å². The highest BCUT2D eigenvalue weighted by molar-refractivity contribution is 6.00. The first kappa shape index (κ1) is 21.0. The van der Waals surface area contributed by atoms with Crippen molar-refractivity contribution in [2.24, 2.45) is 17.8 Å². The molecule has 3 N–H and O–H groups in total. The summed E-state index contributed by atoms with van der Waals surface area (Å²) < 4.78 is 0. The van der Waals surface area contributed by atoms with Gasteiger partial charge in [0.1, 0.15) is 17.0 Å². The molecular weight excluding hydrogens is 400 g/mol. The van der Waals surface area contributed by atoms with Crippen molar-refractivity contribution in [2.75, 3.05) is 0 Å². The molecule has 3 aromatic rings. The van der Waals surface area contributed by atoms with E-state index in [0.29, 0.717) is 24.2 Å². The number of H-pyrrole nitrogens is 2. The van der Waals surface area contributed by atoms with Gasteiger partial charge in [-0.05, 0) is 55.9 Å². The van der Waals surface area contributed by atoms with Gasteiger partial charge in [0.05, 0.1) is 24.2 Å². The zero-order valence-corrected chi connectivity index (χ0v) is 18.6. The highest BCUT2D eigenvalue weighted by atomic mass is 16.1. The largest absolute Gasteiger partial charge is 0.353 e. The molecule has 1 amide bonds. The Morgan fingerprint density at radius 1 is 1.19 bits per heavy atom. The van der Waals surface area contributed by atoms with Crippen LogP contribution in [0.25, 0.3) is 22.1 Å². The number of hydrogen-bond donors (Lipinski definition) is 3. The maximum atomic E-state index is 12.3. The molecule has 32 heavy (non-hydrogen) atoms. The molecule has 3 fully saturated rings. The Morgan fingerprint density at radius 2 is 2.06 bits per heavy atom. The van der Waals surface area contributed by atoms with Gasteiger partial charge in [-0.2, -0.15) is 5.26 Å². The van der Waals surface area contributed by atoms with E-state index >= 15 is 0 Å². The highest BCUT2D eigenvalue weighted by Gasteiger charge is 2.40. The van der Waals surface area contributed by atoms with E-state index in [1.165, 1.54) is 51.4 Å². The number of nitrogens with one attached hydrogen (secondary N) is 3. The molecule has 0 spiro atoms. The van der Waals surface area contributed by atoms with E-state index in [-0.39, 0.29) is 5.91 Å². The summed E-state index contributed by atoms with van der Waals surface area (Å²) in [5.41, 5.74) is 2.57. The smallest absolute Gasteiger partial charge is 0.227 e. The van der Waals surface area contributed by atoms with Gasteiger partial charge in [0.15, 0.2) is 0 Å². The molecular formula is C25H32N6O. The molecule has 3 aromatic heterocycles. The molecule has 0 saturated heterocycles. The van der Waals surface area contributed by atoms with Crippen LogP contribution in [-0.2, 0) is 11.2 Å². The lowest BCUT2D eigenvalue weighted by atomic mass is 9.87. The second kappa shape index (κ2) is 9.32. The number of imidazole rings is 1. The van der Waals surface area contributed by atoms with Crippen LogP contribution < -0.4 is 5.32 Å². The van der Waals surface area contributed by atoms with Gasteiger partial charge in [-0.15, -0.1) is 0 Å². The lowest BCUT2D eigenvalue weighted by Gasteiger charge is -2.22. The van der Waals surface area contributed by atoms with Crippen molar-refractivity contribution in [3.63, 3.8) is 0 Å². The van der Waals surface area contributed by atoms with Crippen molar-refractivity contribution in [3.05, 3.63) is 24.3 Å². The molecule has 3 unspecified atom stereocenters. The van der Waals surface area contributed by atoms with Gasteiger partial charge in [-0.25, -0.2) is 9.97 Å². The Balaban J connectivity index is 0.000000203. The third-order valence-electron chi connectivity index (χ3n) is 7.60. The third-order valence-corrected chi connectivity index (χ3v) is 7.60. The second-order valence-electron chi connectivity index (χ2n) is 9.84. The van der Waals surface area contributed by atoms with E-state index in [0.717, 1.165) is 46.7 Å². The topological polar surface area (TPSA) is 110 Å². The lowest BCUT2D eigenvalue weighted by Crippen LogP contribution is -2.39. The summed E-state index contributed by atoms with van der Waals surface area (Å²) in [6, 6.07) is 4.58. The molecule has 7 nitrogen and oxygen atoms in total. The van der Waals surface area contributed by atoms with Crippen LogP contribution in [0, 0.1) is 29.1 Å². The van der Waals surface area contributed by atoms with Gasteiger partial charge in [-0.1, -0.05) is 25.7 Å². The first-order valence-corrected chi connectivity index (χ1v) is 12.2. The Labute approximate surface area is 188 Å². The lowest BCUT2D eigenvalue weighted by molar-refractivity contribution is -0.121. The summed E-state index contributed by atoms with van der Waals surface area (Å²) in [4.78, 5) is 27.6. The van der Waals surface area contributed by atoms with Gasteiger partial charge in [0, 0.05) is 24.0 Å². The normalized spacial score (nSPS) is 24.9. The van der Waals surface area contributed by atoms with E-state index < -0.39 is 0 Å². The standard InChI is InChI=1S/C17H19N5O.C8H13N/c23-15(21-12-6-9-1-2-10(12)5-9)7-14-20-13-8-19-17-11(3-4-18-17)16(13)22-14;9-7-6-8-4-2-1-3-5-8/h3-4,8-10,12H,1-2,5-7H2,(H,18,19)(H,20,22)(H,21,23);8H,1-6H2. The Hall–Kier alpha value is -2.88. The maximum Gasteiger partial charge on any atom is 0.227 e. The van der Waals surface area contributed by atoms with Crippen molar-refractivity contribution < 1.29 is 4.79 Å². The van der Waals surface area contributed by atoms with Gasteiger partial charge in [0.25, 0.3) is 0 Å². The van der Waals surface area contributed by atoms with E-state index in [9.17, 15) is 4.79 Å². The number of aromatic amines is 2. The van der Waals surface area contributed by atoms with Gasteiger partial charge in [-0.3, -0.25) is 4.79 Å². The quantitative estimate of drug-likeness (QED) is 0.551. The number of nitrogens with zero attached hydrogens (tertiary/aromatic N) is 3. The fraction of sp³-hybridized carbons (Fsp3) is 0.600. The number of aromatic nitrogens is 4. The zero-order valence-electron chi connectivity index (χ0n) is 18.6. The fourth-order valence-electron chi connectivity index (χ4n) is 5.96. The summed E-state index contributed by atoms with van der Waals surface area (Å²) >= 11 is 0. The molecule has 7 heteroatoms. The average Bonchev–Trinajstić information content (AvgIpc) is 3.58. The van der Waals surface area contributed by atoms with Crippen LogP contribution in [0.15, 0.2) is 18.5 Å². The van der Waals surface area contributed by atoms with Crippen LogP contribution in [0.2, 0.25) is 0 Å². The summed E-state index contributed by atoms with van der Waals surface area (Å²) in [6.07, 6.45) is 16.5. The minimum Gasteiger partial charge on any atom is -0.353 e. The summed E-state index contributed by atoms with van der Waals surface area (Å²) in [6.45, 7) is 0. The van der Waals surface area contributed by atoms with Crippen molar-refractivity contribution >= 4 is 28.0 Å². The number of carbonyl (C=O) groups is 1. The zero-order chi connectivity index (χ0) is 21.9. The van der Waals surface area contributed by atoms with Crippen LogP contribution >= 0.6 is 0 Å². The predicted octanol–water partition coefficient (Wildman–Crippen LogP) is 4.77. The number of nitriles is 1. The molecule has 168 valence electrons. The summed E-state index contributed by atoms with van der Waals surface area (Å²) in [5, 5.41) is 12.6. The van der Waals surface area contributed by atoms with E-state index in [1.807, 2.05) is 12.3 Å². The van der Waals surface area contributed by atoms with Gasteiger partial charge >= 0.3 is 0 Å². The Morgan fingerprint density at radius 3 is 2.81 bits per heavy atom. The number of pyridine rings is 1. The number of amides is 1. The maximum absolute atomic E-state index is 12.3. The molecule has 6 rings (SSSR count). The molecule has 0 aromatic carbocycles. The average molecular weight is 433 g/mol. The van der Waals surface area contributed by atoms with Crippen LogP contribution in [0.3, 0.4) is 0 Å². The number of hydrogen-bond acceptors (Lipinski definition) is 4. The monoisotopic (exact) mass is 432 g/mol. The third kappa shape index (κ3) is 4.50. The summed E-state index contributed by atoms with van der Waals surface area (Å²) in [7, 11) is 0.